The van der Waals surface area contributed by atoms with E-state index < -0.39 is 0 Å². The van der Waals surface area contributed by atoms with E-state index in [1.807, 2.05) is 47.3 Å². The first-order valence-corrected chi connectivity index (χ1v) is 6.12. The van der Waals surface area contributed by atoms with Gasteiger partial charge in [0.2, 0.25) is 5.91 Å². The Morgan fingerprint density at radius 1 is 1.22 bits per heavy atom. The lowest BCUT2D eigenvalue weighted by Gasteiger charge is -2.05. The minimum atomic E-state index is 0.0830. The van der Waals surface area contributed by atoms with E-state index in [2.05, 4.69) is 10.3 Å². The molecule has 4 heteroatoms. The molecule has 0 atom stereocenters. The summed E-state index contributed by atoms with van der Waals surface area (Å²) < 4.78 is 2.00. The standard InChI is InChI=1S/C14H17N3O/c18-14(7-12-17-10-3-4-11-17)16-9-6-13-5-1-2-8-15-13/h1-5,8,10-11H,6-7,9,12H2,(H,16,18). The third kappa shape index (κ3) is 4.05. The predicted octanol–water partition coefficient (Wildman–Crippen LogP) is 1.63. The van der Waals surface area contributed by atoms with Crippen LogP contribution < -0.4 is 5.32 Å². The summed E-state index contributed by atoms with van der Waals surface area (Å²) in [6, 6.07) is 9.72. The Morgan fingerprint density at radius 3 is 2.78 bits per heavy atom. The van der Waals surface area contributed by atoms with Crippen LogP contribution in [-0.2, 0) is 17.8 Å². The number of pyridine rings is 1. The largest absolute Gasteiger partial charge is 0.356 e. The maximum Gasteiger partial charge on any atom is 0.221 e. The van der Waals surface area contributed by atoms with Crippen LogP contribution in [0.3, 0.4) is 0 Å². The van der Waals surface area contributed by atoms with Crippen molar-refractivity contribution in [3.8, 4) is 0 Å². The summed E-state index contributed by atoms with van der Waals surface area (Å²) in [6.45, 7) is 1.37. The molecule has 0 aliphatic heterocycles. The molecule has 0 aliphatic carbocycles. The summed E-state index contributed by atoms with van der Waals surface area (Å²) in [7, 11) is 0. The maximum absolute atomic E-state index is 11.6. The van der Waals surface area contributed by atoms with Crippen molar-refractivity contribution in [3.63, 3.8) is 0 Å². The summed E-state index contributed by atoms with van der Waals surface area (Å²) in [5.74, 6) is 0.0830. The lowest BCUT2D eigenvalue weighted by Crippen LogP contribution is -2.26. The van der Waals surface area contributed by atoms with Gasteiger partial charge in [0.05, 0.1) is 0 Å². The summed E-state index contributed by atoms with van der Waals surface area (Å²) in [5.41, 5.74) is 1.00. The summed E-state index contributed by atoms with van der Waals surface area (Å²) in [5, 5.41) is 2.90. The average molecular weight is 243 g/mol. The van der Waals surface area contributed by atoms with E-state index in [0.717, 1.165) is 18.7 Å². The summed E-state index contributed by atoms with van der Waals surface area (Å²) in [6.07, 6.45) is 6.97. The highest BCUT2D eigenvalue weighted by Gasteiger charge is 2.01. The van der Waals surface area contributed by atoms with E-state index in [9.17, 15) is 4.79 Å². The number of nitrogens with zero attached hydrogens (tertiary/aromatic N) is 2. The summed E-state index contributed by atoms with van der Waals surface area (Å²) >= 11 is 0. The van der Waals surface area contributed by atoms with Gasteiger partial charge in [0, 0.05) is 50.2 Å². The number of aromatic nitrogens is 2. The monoisotopic (exact) mass is 243 g/mol. The van der Waals surface area contributed by atoms with Crippen LogP contribution in [0.1, 0.15) is 12.1 Å². The molecule has 94 valence electrons. The van der Waals surface area contributed by atoms with E-state index in [4.69, 9.17) is 0 Å². The minimum absolute atomic E-state index is 0.0830. The van der Waals surface area contributed by atoms with Gasteiger partial charge in [0.1, 0.15) is 0 Å². The van der Waals surface area contributed by atoms with Gasteiger partial charge in [-0.1, -0.05) is 6.07 Å². The van der Waals surface area contributed by atoms with Crippen LogP contribution >= 0.6 is 0 Å². The van der Waals surface area contributed by atoms with Crippen molar-refractivity contribution in [1.82, 2.24) is 14.9 Å². The number of hydrogen-bond donors (Lipinski definition) is 1. The highest BCUT2D eigenvalue weighted by Crippen LogP contribution is 1.95. The molecule has 0 saturated heterocycles. The van der Waals surface area contributed by atoms with Crippen molar-refractivity contribution in [2.45, 2.75) is 19.4 Å². The van der Waals surface area contributed by atoms with Gasteiger partial charge in [0.15, 0.2) is 0 Å². The first kappa shape index (κ1) is 12.4. The van der Waals surface area contributed by atoms with Gasteiger partial charge in [-0.15, -0.1) is 0 Å². The smallest absolute Gasteiger partial charge is 0.221 e. The molecule has 2 aromatic heterocycles. The Balaban J connectivity index is 1.63. The van der Waals surface area contributed by atoms with Gasteiger partial charge in [-0.05, 0) is 24.3 Å². The van der Waals surface area contributed by atoms with Gasteiger partial charge in [-0.3, -0.25) is 9.78 Å². The molecule has 0 bridgehead atoms. The number of hydrogen-bond acceptors (Lipinski definition) is 2. The molecular formula is C14H17N3O. The third-order valence-electron chi connectivity index (χ3n) is 2.69. The Labute approximate surface area is 107 Å². The molecule has 2 rings (SSSR count). The van der Waals surface area contributed by atoms with E-state index >= 15 is 0 Å². The Morgan fingerprint density at radius 2 is 2.06 bits per heavy atom. The van der Waals surface area contributed by atoms with Crippen LogP contribution in [0.4, 0.5) is 0 Å². The number of nitrogens with one attached hydrogen (secondary N) is 1. The van der Waals surface area contributed by atoms with Gasteiger partial charge in [0.25, 0.3) is 0 Å². The predicted molar refractivity (Wildman–Crippen MR) is 70.0 cm³/mol. The molecular weight excluding hydrogens is 226 g/mol. The molecule has 0 unspecified atom stereocenters. The fraction of sp³-hybridized carbons (Fsp3) is 0.286. The molecule has 0 spiro atoms. The highest BCUT2D eigenvalue weighted by molar-refractivity contribution is 5.75. The van der Waals surface area contributed by atoms with Gasteiger partial charge in [-0.25, -0.2) is 0 Å². The SMILES string of the molecule is O=C(CCn1cccc1)NCCc1ccccn1. The lowest BCUT2D eigenvalue weighted by atomic mass is 10.2. The van der Waals surface area contributed by atoms with E-state index in [0.29, 0.717) is 13.0 Å². The van der Waals surface area contributed by atoms with Crippen molar-refractivity contribution in [3.05, 3.63) is 54.6 Å². The molecule has 0 aliphatic rings. The molecule has 0 saturated carbocycles. The average Bonchev–Trinajstić information content (AvgIpc) is 2.91. The second-order valence-electron chi connectivity index (χ2n) is 4.09. The zero-order valence-corrected chi connectivity index (χ0v) is 10.2. The van der Waals surface area contributed by atoms with Crippen molar-refractivity contribution in [2.24, 2.45) is 0 Å². The molecule has 18 heavy (non-hydrogen) atoms. The molecule has 2 aromatic rings. The highest BCUT2D eigenvalue weighted by atomic mass is 16.1. The number of aryl methyl sites for hydroxylation is 1. The van der Waals surface area contributed by atoms with Crippen LogP contribution in [0.15, 0.2) is 48.9 Å². The van der Waals surface area contributed by atoms with Gasteiger partial charge in [-0.2, -0.15) is 0 Å². The Bertz CT molecular complexity index is 465. The zero-order valence-electron chi connectivity index (χ0n) is 10.2. The van der Waals surface area contributed by atoms with Crippen molar-refractivity contribution >= 4 is 5.91 Å². The van der Waals surface area contributed by atoms with Crippen LogP contribution in [-0.4, -0.2) is 22.0 Å². The Kier molecular flexibility index (Phi) is 4.53. The first-order valence-electron chi connectivity index (χ1n) is 6.12. The minimum Gasteiger partial charge on any atom is -0.356 e. The number of amides is 1. The van der Waals surface area contributed by atoms with Crippen LogP contribution in [0.5, 0.6) is 0 Å². The molecule has 2 heterocycles. The van der Waals surface area contributed by atoms with E-state index in [1.165, 1.54) is 0 Å². The summed E-state index contributed by atoms with van der Waals surface area (Å²) in [4.78, 5) is 15.8. The van der Waals surface area contributed by atoms with E-state index in [1.54, 1.807) is 6.20 Å². The first-order chi connectivity index (χ1) is 8.84. The molecule has 4 nitrogen and oxygen atoms in total. The number of carbonyl (C=O) groups is 1. The van der Waals surface area contributed by atoms with Crippen LogP contribution in [0, 0.1) is 0 Å². The zero-order chi connectivity index (χ0) is 12.6. The Hall–Kier alpha value is -2.10. The second kappa shape index (κ2) is 6.59. The number of carbonyl (C=O) groups excluding carboxylic acids is 1. The molecule has 0 radical (unpaired) electrons. The topological polar surface area (TPSA) is 46.9 Å². The van der Waals surface area contributed by atoms with Gasteiger partial charge < -0.3 is 9.88 Å². The van der Waals surface area contributed by atoms with Gasteiger partial charge >= 0.3 is 0 Å². The van der Waals surface area contributed by atoms with Crippen LogP contribution in [0.25, 0.3) is 0 Å². The molecule has 1 amide bonds. The fourth-order valence-electron chi connectivity index (χ4n) is 1.71. The normalized spacial score (nSPS) is 10.2. The quantitative estimate of drug-likeness (QED) is 0.838. The maximum atomic E-state index is 11.6. The van der Waals surface area contributed by atoms with Crippen LogP contribution in [0.2, 0.25) is 0 Å². The fourth-order valence-corrected chi connectivity index (χ4v) is 1.71. The van der Waals surface area contributed by atoms with Crippen molar-refractivity contribution in [2.75, 3.05) is 6.54 Å². The van der Waals surface area contributed by atoms with E-state index in [-0.39, 0.29) is 5.91 Å². The third-order valence-corrected chi connectivity index (χ3v) is 2.69. The lowest BCUT2D eigenvalue weighted by molar-refractivity contribution is -0.121. The van der Waals surface area contributed by atoms with Crippen molar-refractivity contribution in [1.29, 1.82) is 0 Å². The second-order valence-corrected chi connectivity index (χ2v) is 4.09. The molecule has 0 fully saturated rings. The number of rotatable bonds is 6. The molecule has 1 N–H and O–H groups in total. The van der Waals surface area contributed by atoms with Crippen molar-refractivity contribution < 1.29 is 4.79 Å². The molecule has 0 aromatic carbocycles.